The molecule has 0 bridgehead atoms. The molecular formula is C20H22F3N3O6. The summed E-state index contributed by atoms with van der Waals surface area (Å²) in [6.45, 7) is 0. The standard InChI is InChI=1S/C20H22F3N3O6/c1-30-16(27)9-15(10-17(28)31-2)26-12-14(11-24-26)25-18(29)19(32-3,20(21,22)23)13-7-5-4-6-8-13/h4-8,11-12,15H,9-10H2,1-3H3,(H,25,29)/t19-/m0/s1. The summed E-state index contributed by atoms with van der Waals surface area (Å²) in [5.41, 5.74) is -3.78. The molecule has 1 heterocycles. The molecule has 1 aromatic heterocycles. The number of halogens is 3. The first kappa shape index (κ1) is 24.9. The molecule has 2 aromatic rings. The second kappa shape index (κ2) is 10.3. The molecule has 0 spiro atoms. The number of nitrogens with zero attached hydrogens (tertiary/aromatic N) is 2. The van der Waals surface area contributed by atoms with E-state index in [2.05, 4.69) is 19.9 Å². The van der Waals surface area contributed by atoms with E-state index < -0.39 is 41.2 Å². The van der Waals surface area contributed by atoms with Crippen LogP contribution in [0.1, 0.15) is 24.4 Å². The smallest absolute Gasteiger partial charge is 0.430 e. The fourth-order valence-corrected chi connectivity index (χ4v) is 3.05. The fourth-order valence-electron chi connectivity index (χ4n) is 3.05. The highest BCUT2D eigenvalue weighted by Crippen LogP contribution is 2.42. The van der Waals surface area contributed by atoms with Crippen LogP contribution >= 0.6 is 0 Å². The summed E-state index contributed by atoms with van der Waals surface area (Å²) in [5.74, 6) is -2.77. The Morgan fingerprint density at radius 3 is 2.06 bits per heavy atom. The lowest BCUT2D eigenvalue weighted by Gasteiger charge is -2.33. The number of ether oxygens (including phenoxy) is 3. The number of hydrogen-bond acceptors (Lipinski definition) is 7. The minimum atomic E-state index is -5.08. The molecule has 0 unspecified atom stereocenters. The Labute approximate surface area is 181 Å². The van der Waals surface area contributed by atoms with Gasteiger partial charge in [0.1, 0.15) is 0 Å². The predicted molar refractivity (Wildman–Crippen MR) is 104 cm³/mol. The van der Waals surface area contributed by atoms with E-state index in [-0.39, 0.29) is 18.5 Å². The lowest BCUT2D eigenvalue weighted by molar-refractivity contribution is -0.263. The Balaban J connectivity index is 2.34. The molecule has 0 saturated carbocycles. The van der Waals surface area contributed by atoms with E-state index in [0.29, 0.717) is 0 Å². The maximum Gasteiger partial charge on any atom is 0.430 e. The van der Waals surface area contributed by atoms with Crippen LogP contribution in [0, 0.1) is 0 Å². The summed E-state index contributed by atoms with van der Waals surface area (Å²) in [4.78, 5) is 36.1. The van der Waals surface area contributed by atoms with Crippen molar-refractivity contribution in [2.75, 3.05) is 26.6 Å². The van der Waals surface area contributed by atoms with Crippen molar-refractivity contribution in [3.05, 3.63) is 48.3 Å². The number of esters is 2. The van der Waals surface area contributed by atoms with E-state index in [1.54, 1.807) is 0 Å². The van der Waals surface area contributed by atoms with Crippen LogP contribution < -0.4 is 5.32 Å². The van der Waals surface area contributed by atoms with E-state index in [1.807, 2.05) is 0 Å². The van der Waals surface area contributed by atoms with Crippen molar-refractivity contribution in [2.24, 2.45) is 0 Å². The summed E-state index contributed by atoms with van der Waals surface area (Å²) in [7, 11) is 3.11. The first-order valence-corrected chi connectivity index (χ1v) is 9.25. The van der Waals surface area contributed by atoms with Crippen LogP contribution in [0.5, 0.6) is 0 Å². The number of aromatic nitrogens is 2. The largest absolute Gasteiger partial charge is 0.469 e. The molecule has 12 heteroatoms. The minimum absolute atomic E-state index is 0.101. The van der Waals surface area contributed by atoms with Gasteiger partial charge in [-0.3, -0.25) is 19.1 Å². The average Bonchev–Trinajstić information content (AvgIpc) is 3.22. The molecule has 1 amide bonds. The van der Waals surface area contributed by atoms with Gasteiger partial charge in [0, 0.05) is 18.9 Å². The molecule has 0 radical (unpaired) electrons. The zero-order valence-corrected chi connectivity index (χ0v) is 17.5. The van der Waals surface area contributed by atoms with Crippen LogP contribution in [0.25, 0.3) is 0 Å². The third-order valence-electron chi connectivity index (χ3n) is 4.70. The Morgan fingerprint density at radius 1 is 1.03 bits per heavy atom. The number of amides is 1. The number of benzene rings is 1. The molecule has 1 atom stereocenters. The molecular weight excluding hydrogens is 435 g/mol. The molecule has 0 saturated heterocycles. The van der Waals surface area contributed by atoms with E-state index >= 15 is 0 Å². The number of methoxy groups -OCH3 is 3. The zero-order chi connectivity index (χ0) is 23.9. The summed E-state index contributed by atoms with van der Waals surface area (Å²) in [6.07, 6.45) is -3.32. The van der Waals surface area contributed by atoms with Crippen LogP contribution in [-0.2, 0) is 34.2 Å². The fraction of sp³-hybridized carbons (Fsp3) is 0.400. The van der Waals surface area contributed by atoms with Gasteiger partial charge in [0.05, 0.1) is 45.0 Å². The van der Waals surface area contributed by atoms with E-state index in [4.69, 9.17) is 4.74 Å². The highest BCUT2D eigenvalue weighted by molar-refractivity contribution is 5.98. The Morgan fingerprint density at radius 2 is 1.59 bits per heavy atom. The molecule has 0 aliphatic carbocycles. The predicted octanol–water partition coefficient (Wildman–Crippen LogP) is 2.59. The number of rotatable bonds is 9. The van der Waals surface area contributed by atoms with Crippen molar-refractivity contribution in [1.82, 2.24) is 9.78 Å². The van der Waals surface area contributed by atoms with Gasteiger partial charge in [0.25, 0.3) is 11.5 Å². The molecule has 32 heavy (non-hydrogen) atoms. The third-order valence-corrected chi connectivity index (χ3v) is 4.70. The molecule has 0 aliphatic heterocycles. The summed E-state index contributed by atoms with van der Waals surface area (Å²) in [6, 6.07) is 5.62. The highest BCUT2D eigenvalue weighted by Gasteiger charge is 2.62. The van der Waals surface area contributed by atoms with Gasteiger partial charge in [0.15, 0.2) is 0 Å². The number of carbonyl (C=O) groups excluding carboxylic acids is 3. The lowest BCUT2D eigenvalue weighted by atomic mass is 9.91. The maximum absolute atomic E-state index is 14.0. The quantitative estimate of drug-likeness (QED) is 0.577. The van der Waals surface area contributed by atoms with E-state index in [1.165, 1.54) is 24.4 Å². The van der Waals surface area contributed by atoms with Gasteiger partial charge in [-0.15, -0.1) is 0 Å². The maximum atomic E-state index is 14.0. The second-order valence-electron chi connectivity index (χ2n) is 6.63. The van der Waals surface area contributed by atoms with Crippen molar-refractivity contribution >= 4 is 23.5 Å². The first-order valence-electron chi connectivity index (χ1n) is 9.25. The van der Waals surface area contributed by atoms with Crippen molar-refractivity contribution in [3.63, 3.8) is 0 Å². The van der Waals surface area contributed by atoms with Gasteiger partial charge in [-0.05, 0) is 0 Å². The van der Waals surface area contributed by atoms with Gasteiger partial charge < -0.3 is 19.5 Å². The SMILES string of the molecule is COC(=O)CC(CC(=O)OC)n1cc(NC(=O)[C@@](OC)(c2ccccc2)C(F)(F)F)cn1. The van der Waals surface area contributed by atoms with Crippen molar-refractivity contribution in [1.29, 1.82) is 0 Å². The molecule has 0 fully saturated rings. The molecule has 1 aromatic carbocycles. The zero-order valence-electron chi connectivity index (χ0n) is 17.5. The first-order chi connectivity index (χ1) is 15.1. The van der Waals surface area contributed by atoms with Crippen LogP contribution in [0.3, 0.4) is 0 Å². The molecule has 1 N–H and O–H groups in total. The van der Waals surface area contributed by atoms with Gasteiger partial charge in [-0.25, -0.2) is 0 Å². The third kappa shape index (κ3) is 5.25. The van der Waals surface area contributed by atoms with Gasteiger partial charge >= 0.3 is 18.1 Å². The topological polar surface area (TPSA) is 109 Å². The van der Waals surface area contributed by atoms with Gasteiger partial charge in [-0.2, -0.15) is 18.3 Å². The summed E-state index contributed by atoms with van der Waals surface area (Å²) >= 11 is 0. The Bertz CT molecular complexity index is 930. The van der Waals surface area contributed by atoms with Gasteiger partial charge in [-0.1, -0.05) is 30.3 Å². The van der Waals surface area contributed by atoms with E-state index in [9.17, 15) is 27.6 Å². The number of anilines is 1. The summed E-state index contributed by atoms with van der Waals surface area (Å²) < 4.78 is 57.1. The minimum Gasteiger partial charge on any atom is -0.469 e. The monoisotopic (exact) mass is 457 g/mol. The van der Waals surface area contributed by atoms with Crippen LogP contribution in [0.4, 0.5) is 18.9 Å². The highest BCUT2D eigenvalue weighted by atomic mass is 19.4. The van der Waals surface area contributed by atoms with Gasteiger partial charge in [0.2, 0.25) is 0 Å². The molecule has 9 nitrogen and oxygen atoms in total. The number of alkyl halides is 3. The second-order valence-corrected chi connectivity index (χ2v) is 6.63. The van der Waals surface area contributed by atoms with Crippen molar-refractivity contribution < 1.29 is 41.8 Å². The molecule has 2 rings (SSSR count). The molecule has 174 valence electrons. The van der Waals surface area contributed by atoms with Crippen LogP contribution in [0.2, 0.25) is 0 Å². The average molecular weight is 457 g/mol. The Kier molecular flexibility index (Phi) is 7.97. The normalized spacial score (nSPS) is 13.3. The van der Waals surface area contributed by atoms with E-state index in [0.717, 1.165) is 44.3 Å². The lowest BCUT2D eigenvalue weighted by Crippen LogP contribution is -2.53. The van der Waals surface area contributed by atoms with Crippen LogP contribution in [-0.4, -0.2) is 55.1 Å². The Hall–Kier alpha value is -3.41. The molecule has 0 aliphatic rings. The number of carbonyl (C=O) groups is 3. The van der Waals surface area contributed by atoms with Crippen molar-refractivity contribution in [3.8, 4) is 0 Å². The number of hydrogen-bond donors (Lipinski definition) is 1. The summed E-state index contributed by atoms with van der Waals surface area (Å²) in [5, 5.41) is 6.10. The van der Waals surface area contributed by atoms with Crippen molar-refractivity contribution in [2.45, 2.75) is 30.7 Å². The van der Waals surface area contributed by atoms with Crippen LogP contribution in [0.15, 0.2) is 42.7 Å². The number of nitrogens with one attached hydrogen (secondary N) is 1.